The third kappa shape index (κ3) is 4.45. The van der Waals surface area contributed by atoms with Crippen molar-refractivity contribution in [3.05, 3.63) is 90.5 Å². The Morgan fingerprint density at radius 1 is 0.867 bits per heavy atom. The van der Waals surface area contributed by atoms with Gasteiger partial charge in [0.05, 0.1) is 12.8 Å². The molecule has 3 aromatic carbocycles. The van der Waals surface area contributed by atoms with Gasteiger partial charge in [0.2, 0.25) is 15.9 Å². The molecule has 1 saturated heterocycles. The topological polar surface area (TPSA) is 57.7 Å². The number of rotatable bonds is 5. The molecule has 1 heterocycles. The highest BCUT2D eigenvalue weighted by atomic mass is 32.2. The monoisotopic (exact) mass is 420 g/mol. The third-order valence-corrected chi connectivity index (χ3v) is 6.68. The van der Waals surface area contributed by atoms with Crippen molar-refractivity contribution in [3.63, 3.8) is 0 Å². The summed E-state index contributed by atoms with van der Waals surface area (Å²) in [7, 11) is -3.50. The number of benzene rings is 3. The quantitative estimate of drug-likeness (QED) is 0.634. The molecule has 5 nitrogen and oxygen atoms in total. The van der Waals surface area contributed by atoms with Gasteiger partial charge in [-0.1, -0.05) is 72.8 Å². The Morgan fingerprint density at radius 3 is 2.17 bits per heavy atom. The van der Waals surface area contributed by atoms with Crippen LogP contribution in [0.3, 0.4) is 0 Å². The van der Waals surface area contributed by atoms with Gasteiger partial charge in [-0.2, -0.15) is 4.31 Å². The average Bonchev–Trinajstić information content (AvgIpc) is 2.75. The summed E-state index contributed by atoms with van der Waals surface area (Å²) in [4.78, 5) is 14.6. The van der Waals surface area contributed by atoms with Gasteiger partial charge in [0.1, 0.15) is 0 Å². The minimum absolute atomic E-state index is 0.147. The van der Waals surface area contributed by atoms with Crippen molar-refractivity contribution in [1.29, 1.82) is 0 Å². The molecule has 0 saturated carbocycles. The molecule has 1 fully saturated rings. The normalized spacial score (nSPS) is 17.8. The maximum absolute atomic E-state index is 12.9. The summed E-state index contributed by atoms with van der Waals surface area (Å²) in [5.41, 5.74) is 3.92. The van der Waals surface area contributed by atoms with Crippen molar-refractivity contribution in [1.82, 2.24) is 4.31 Å². The molecule has 3 aromatic rings. The Kier molecular flexibility index (Phi) is 5.70. The molecule has 0 radical (unpaired) electrons. The molecule has 0 spiro atoms. The second-order valence-corrected chi connectivity index (χ2v) is 9.51. The van der Waals surface area contributed by atoms with E-state index >= 15 is 0 Å². The van der Waals surface area contributed by atoms with Crippen molar-refractivity contribution < 1.29 is 13.2 Å². The van der Waals surface area contributed by atoms with E-state index in [4.69, 9.17) is 0 Å². The summed E-state index contributed by atoms with van der Waals surface area (Å²) in [5, 5.41) is 0. The number of sulfonamides is 1. The molecule has 0 unspecified atom stereocenters. The summed E-state index contributed by atoms with van der Waals surface area (Å²) < 4.78 is 26.1. The second kappa shape index (κ2) is 8.42. The van der Waals surface area contributed by atoms with Gasteiger partial charge in [-0.25, -0.2) is 8.42 Å². The molecule has 0 aliphatic carbocycles. The highest BCUT2D eigenvalue weighted by Crippen LogP contribution is 2.28. The predicted octanol–water partition coefficient (Wildman–Crippen LogP) is 3.57. The zero-order valence-corrected chi connectivity index (χ0v) is 17.6. The maximum Gasteiger partial charge on any atom is 0.242 e. The summed E-state index contributed by atoms with van der Waals surface area (Å²) >= 11 is 0. The SMILES string of the molecule is CS(=O)(=O)N1CC(=O)N(c2cccc(-c3ccccc3)c2)C[C@@H]1Cc1ccccc1. The van der Waals surface area contributed by atoms with E-state index in [9.17, 15) is 13.2 Å². The Bertz CT molecular complexity index is 1130. The molecular weight excluding hydrogens is 396 g/mol. The van der Waals surface area contributed by atoms with Crippen LogP contribution in [-0.4, -0.2) is 44.0 Å². The van der Waals surface area contributed by atoms with E-state index in [1.54, 1.807) is 4.90 Å². The second-order valence-electron chi connectivity index (χ2n) is 7.57. The van der Waals surface area contributed by atoms with E-state index in [0.717, 1.165) is 22.4 Å². The molecule has 30 heavy (non-hydrogen) atoms. The van der Waals surface area contributed by atoms with Crippen LogP contribution in [0.5, 0.6) is 0 Å². The van der Waals surface area contributed by atoms with Crippen LogP contribution < -0.4 is 4.90 Å². The molecule has 0 bridgehead atoms. The summed E-state index contributed by atoms with van der Waals surface area (Å²) in [5.74, 6) is -0.213. The molecular formula is C24H24N2O3S. The van der Waals surface area contributed by atoms with Crippen molar-refractivity contribution in [2.75, 3.05) is 24.2 Å². The number of hydrogen-bond donors (Lipinski definition) is 0. The number of carbonyl (C=O) groups excluding carboxylic acids is 1. The average molecular weight is 421 g/mol. The zero-order valence-electron chi connectivity index (χ0n) is 16.8. The summed E-state index contributed by atoms with van der Waals surface area (Å²) in [6.45, 7) is 0.172. The number of amides is 1. The van der Waals surface area contributed by atoms with Crippen LogP contribution in [-0.2, 0) is 21.2 Å². The van der Waals surface area contributed by atoms with Gasteiger partial charge in [-0.05, 0) is 35.2 Å². The van der Waals surface area contributed by atoms with Crippen LogP contribution in [0.1, 0.15) is 5.56 Å². The van der Waals surface area contributed by atoms with Gasteiger partial charge in [0.15, 0.2) is 0 Å². The Balaban J connectivity index is 1.65. The molecule has 0 N–H and O–H groups in total. The first-order valence-corrected chi connectivity index (χ1v) is 11.7. The van der Waals surface area contributed by atoms with Crippen LogP contribution in [0.4, 0.5) is 5.69 Å². The highest BCUT2D eigenvalue weighted by Gasteiger charge is 2.37. The van der Waals surface area contributed by atoms with Gasteiger partial charge < -0.3 is 4.90 Å². The fraction of sp³-hybridized carbons (Fsp3) is 0.208. The Morgan fingerprint density at radius 2 is 1.50 bits per heavy atom. The molecule has 1 aliphatic rings. The Labute approximate surface area is 177 Å². The standard InChI is InChI=1S/C24H24N2O3S/c1-30(28,29)26-18-24(27)25(17-23(26)15-19-9-4-2-5-10-19)22-14-8-13-21(16-22)20-11-6-3-7-12-20/h2-14,16,23H,15,17-18H2,1H3/t23-/m0/s1. The number of piperazine rings is 1. The van der Waals surface area contributed by atoms with Gasteiger partial charge in [0, 0.05) is 18.3 Å². The van der Waals surface area contributed by atoms with E-state index in [2.05, 4.69) is 0 Å². The zero-order chi connectivity index (χ0) is 21.1. The van der Waals surface area contributed by atoms with E-state index in [0.29, 0.717) is 13.0 Å². The van der Waals surface area contributed by atoms with Crippen LogP contribution in [0.2, 0.25) is 0 Å². The fourth-order valence-electron chi connectivity index (χ4n) is 3.93. The minimum atomic E-state index is -3.50. The largest absolute Gasteiger partial charge is 0.310 e. The lowest BCUT2D eigenvalue weighted by Crippen LogP contribution is -2.58. The van der Waals surface area contributed by atoms with Crippen molar-refractivity contribution in [2.24, 2.45) is 0 Å². The number of carbonyl (C=O) groups is 1. The molecule has 154 valence electrons. The number of nitrogens with zero attached hydrogens (tertiary/aromatic N) is 2. The number of hydrogen-bond acceptors (Lipinski definition) is 3. The molecule has 6 heteroatoms. The van der Waals surface area contributed by atoms with E-state index < -0.39 is 10.0 Å². The van der Waals surface area contributed by atoms with Crippen LogP contribution >= 0.6 is 0 Å². The van der Waals surface area contributed by atoms with Gasteiger partial charge >= 0.3 is 0 Å². The van der Waals surface area contributed by atoms with Crippen molar-refractivity contribution >= 4 is 21.6 Å². The van der Waals surface area contributed by atoms with Crippen molar-refractivity contribution in [2.45, 2.75) is 12.5 Å². The Hall–Kier alpha value is -2.96. The fourth-order valence-corrected chi connectivity index (χ4v) is 4.95. The van der Waals surface area contributed by atoms with E-state index in [-0.39, 0.29) is 18.5 Å². The van der Waals surface area contributed by atoms with E-state index in [1.807, 2.05) is 84.9 Å². The van der Waals surface area contributed by atoms with E-state index in [1.165, 1.54) is 10.6 Å². The van der Waals surface area contributed by atoms with Gasteiger partial charge in [-0.15, -0.1) is 0 Å². The summed E-state index contributed by atoms with van der Waals surface area (Å²) in [6.07, 6.45) is 1.72. The minimum Gasteiger partial charge on any atom is -0.310 e. The molecule has 0 aromatic heterocycles. The van der Waals surface area contributed by atoms with Gasteiger partial charge in [-0.3, -0.25) is 4.79 Å². The molecule has 1 amide bonds. The molecule has 1 aliphatic heterocycles. The predicted molar refractivity (Wildman–Crippen MR) is 120 cm³/mol. The summed E-state index contributed by atoms with van der Waals surface area (Å²) in [6, 6.07) is 27.3. The molecule has 4 rings (SSSR count). The smallest absolute Gasteiger partial charge is 0.242 e. The number of anilines is 1. The van der Waals surface area contributed by atoms with Crippen LogP contribution in [0, 0.1) is 0 Å². The first kappa shape index (κ1) is 20.3. The van der Waals surface area contributed by atoms with Crippen LogP contribution in [0.15, 0.2) is 84.9 Å². The van der Waals surface area contributed by atoms with Crippen molar-refractivity contribution in [3.8, 4) is 11.1 Å². The highest BCUT2D eigenvalue weighted by molar-refractivity contribution is 7.88. The van der Waals surface area contributed by atoms with Gasteiger partial charge in [0.25, 0.3) is 0 Å². The lowest BCUT2D eigenvalue weighted by atomic mass is 10.0. The third-order valence-electron chi connectivity index (χ3n) is 5.40. The maximum atomic E-state index is 12.9. The lowest BCUT2D eigenvalue weighted by Gasteiger charge is -2.39. The first-order chi connectivity index (χ1) is 14.4. The molecule has 1 atom stereocenters. The van der Waals surface area contributed by atoms with Crippen LogP contribution in [0.25, 0.3) is 11.1 Å². The lowest BCUT2D eigenvalue weighted by molar-refractivity contribution is -0.120. The first-order valence-electron chi connectivity index (χ1n) is 9.88.